The zero-order chi connectivity index (χ0) is 13.8. The summed E-state index contributed by atoms with van der Waals surface area (Å²) in [7, 11) is 0. The normalized spacial score (nSPS) is 11.3. The molecule has 0 saturated carbocycles. The first-order valence-corrected chi connectivity index (χ1v) is 4.79. The molecule has 0 N–H and O–H groups in total. The Labute approximate surface area is 118 Å². The van der Waals surface area contributed by atoms with Crippen LogP contribution in [0.3, 0.4) is 0 Å². The maximum atomic E-state index is 11.6. The van der Waals surface area contributed by atoms with Gasteiger partial charge < -0.3 is 0 Å². The molecule has 0 saturated heterocycles. The number of alkyl halides is 6. The zero-order valence-electron chi connectivity index (χ0n) is 9.24. The van der Waals surface area contributed by atoms with E-state index in [1.54, 1.807) is 0 Å². The van der Waals surface area contributed by atoms with Gasteiger partial charge in [0.1, 0.15) is 0 Å². The molecule has 0 bridgehead atoms. The Kier molecular flexibility index (Phi) is 6.50. The predicted octanol–water partition coefficient (Wildman–Crippen LogP) is 4.85. The molecule has 0 nitrogen and oxygen atoms in total. The molecule has 106 valence electrons. The molecule has 0 heterocycles. The Morgan fingerprint density at radius 2 is 0.737 bits per heavy atom. The van der Waals surface area contributed by atoms with Crippen LogP contribution in [0.25, 0.3) is 0 Å². The van der Waals surface area contributed by atoms with Crippen molar-refractivity contribution in [3.8, 4) is 0 Å². The summed E-state index contributed by atoms with van der Waals surface area (Å²) in [4.78, 5) is 0. The Bertz CT molecular complexity index is 391. The molecule has 0 fully saturated rings. The summed E-state index contributed by atoms with van der Waals surface area (Å²) in [6.45, 7) is 0. The van der Waals surface area contributed by atoms with Gasteiger partial charge in [-0.1, -0.05) is 11.1 Å². The molecule has 2 aromatic carbocycles. The molecule has 0 aromatic heterocycles. The molecule has 0 aliphatic carbocycles. The molecule has 0 aliphatic rings. The Morgan fingerprint density at radius 3 is 0.842 bits per heavy atom. The summed E-state index contributed by atoms with van der Waals surface area (Å²) in [5.74, 6) is 0. The van der Waals surface area contributed by atoms with Gasteiger partial charge in [-0.05, 0) is 0 Å². The summed E-state index contributed by atoms with van der Waals surface area (Å²) in [6, 6.07) is 9.62. The molecule has 0 radical (unpaired) electrons. The third-order valence-electron chi connectivity index (χ3n) is 1.98. The van der Waals surface area contributed by atoms with Crippen molar-refractivity contribution in [1.29, 1.82) is 0 Å². The van der Waals surface area contributed by atoms with Crippen LogP contribution in [0.15, 0.2) is 48.5 Å². The van der Waals surface area contributed by atoms with Crippen LogP contribution in [0, 0.1) is 0 Å². The van der Waals surface area contributed by atoms with Crippen molar-refractivity contribution in [3.05, 3.63) is 59.7 Å². The van der Waals surface area contributed by atoms with Crippen LogP contribution < -0.4 is 0 Å². The van der Waals surface area contributed by atoms with Gasteiger partial charge in [-0.25, -0.2) is 24.3 Å². The van der Waals surface area contributed by atoms with E-state index < -0.39 is 23.5 Å². The van der Waals surface area contributed by atoms with Crippen molar-refractivity contribution in [1.82, 2.24) is 0 Å². The van der Waals surface area contributed by atoms with E-state index in [2.05, 4.69) is 0 Å². The third-order valence-corrected chi connectivity index (χ3v) is 1.98. The standard InChI is InChI=1S/2C6H4F3.Ru/c2*7-6(8,9)5-3-1-2-4-5;/h2*1-4H;/q2*-1;+2. The van der Waals surface area contributed by atoms with Gasteiger partial charge in [-0.15, -0.1) is 0 Å². The monoisotopic (exact) mass is 368 g/mol. The SMILES string of the molecule is FC(F)(F)[c-]1cccc1.FC(F)(F)[c-]1cccc1.[Ru+2]. The van der Waals surface area contributed by atoms with Gasteiger partial charge in [0.2, 0.25) is 0 Å². The van der Waals surface area contributed by atoms with E-state index in [1.807, 2.05) is 0 Å². The van der Waals surface area contributed by atoms with Crippen LogP contribution in [0.4, 0.5) is 26.3 Å². The molecular formula is C12H8F6Ru. The first kappa shape index (κ1) is 17.9. The Hall–Kier alpha value is -1.10. The maximum Gasteiger partial charge on any atom is 2.00 e. The zero-order valence-corrected chi connectivity index (χ0v) is 11.0. The molecular weight excluding hydrogens is 359 g/mol. The number of rotatable bonds is 0. The summed E-state index contributed by atoms with van der Waals surface area (Å²) in [5, 5.41) is 0. The Morgan fingerprint density at radius 1 is 0.526 bits per heavy atom. The molecule has 0 unspecified atom stereocenters. The fourth-order valence-electron chi connectivity index (χ4n) is 1.13. The summed E-state index contributed by atoms with van der Waals surface area (Å²) in [6.07, 6.45) is -8.35. The van der Waals surface area contributed by atoms with Crippen LogP contribution in [-0.2, 0) is 31.8 Å². The van der Waals surface area contributed by atoms with Crippen LogP contribution in [0.1, 0.15) is 11.1 Å². The van der Waals surface area contributed by atoms with E-state index in [9.17, 15) is 26.3 Å². The van der Waals surface area contributed by atoms with Crippen molar-refractivity contribution in [2.75, 3.05) is 0 Å². The van der Waals surface area contributed by atoms with Crippen molar-refractivity contribution < 1.29 is 45.8 Å². The van der Waals surface area contributed by atoms with E-state index in [4.69, 9.17) is 0 Å². The van der Waals surface area contributed by atoms with Gasteiger partial charge in [0.15, 0.2) is 0 Å². The average Bonchev–Trinajstić information content (AvgIpc) is 2.91. The molecule has 19 heavy (non-hydrogen) atoms. The first-order valence-electron chi connectivity index (χ1n) is 4.79. The molecule has 7 heteroatoms. The number of halogens is 6. The largest absolute Gasteiger partial charge is 2.00 e. The van der Waals surface area contributed by atoms with Gasteiger partial charge in [-0.3, -0.25) is 0 Å². The second-order valence-electron chi connectivity index (χ2n) is 3.34. The van der Waals surface area contributed by atoms with Gasteiger partial charge in [-0.2, -0.15) is 50.6 Å². The Balaban J connectivity index is 0.000000324. The molecule has 0 amide bonds. The second kappa shape index (κ2) is 6.89. The molecule has 0 aliphatic heterocycles. The fourth-order valence-corrected chi connectivity index (χ4v) is 1.13. The van der Waals surface area contributed by atoms with Crippen molar-refractivity contribution in [3.63, 3.8) is 0 Å². The van der Waals surface area contributed by atoms with Crippen molar-refractivity contribution in [2.24, 2.45) is 0 Å². The quantitative estimate of drug-likeness (QED) is 0.355. The second-order valence-corrected chi connectivity index (χ2v) is 3.34. The third kappa shape index (κ3) is 6.05. The minimum absolute atomic E-state index is 0. The van der Waals surface area contributed by atoms with Crippen molar-refractivity contribution in [2.45, 2.75) is 12.4 Å². The minimum atomic E-state index is -4.18. The van der Waals surface area contributed by atoms with Gasteiger partial charge in [0.25, 0.3) is 0 Å². The smallest absolute Gasteiger partial charge is 0.213 e. The first-order chi connectivity index (χ1) is 8.21. The van der Waals surface area contributed by atoms with E-state index in [1.165, 1.54) is 24.3 Å². The molecule has 0 atom stereocenters. The van der Waals surface area contributed by atoms with Gasteiger partial charge >= 0.3 is 31.8 Å². The van der Waals surface area contributed by atoms with E-state index in [-0.39, 0.29) is 19.5 Å². The van der Waals surface area contributed by atoms with E-state index >= 15 is 0 Å². The predicted molar refractivity (Wildman–Crippen MR) is 54.1 cm³/mol. The topological polar surface area (TPSA) is 0 Å². The molecule has 2 aromatic rings. The van der Waals surface area contributed by atoms with E-state index in [0.717, 1.165) is 24.3 Å². The van der Waals surface area contributed by atoms with E-state index in [0.29, 0.717) is 0 Å². The summed E-state index contributed by atoms with van der Waals surface area (Å²) in [5.41, 5.74) is -1.16. The fraction of sp³-hybridized carbons (Fsp3) is 0.167. The number of hydrogen-bond donors (Lipinski definition) is 0. The van der Waals surface area contributed by atoms with Crippen LogP contribution in [-0.4, -0.2) is 0 Å². The van der Waals surface area contributed by atoms with Crippen molar-refractivity contribution >= 4 is 0 Å². The van der Waals surface area contributed by atoms with Crippen LogP contribution >= 0.6 is 0 Å². The summed E-state index contributed by atoms with van der Waals surface area (Å²) >= 11 is 0. The maximum absolute atomic E-state index is 11.6. The molecule has 2 rings (SSSR count). The number of hydrogen-bond acceptors (Lipinski definition) is 0. The van der Waals surface area contributed by atoms with Crippen LogP contribution in [0.5, 0.6) is 0 Å². The summed E-state index contributed by atoms with van der Waals surface area (Å²) < 4.78 is 69.7. The molecule has 0 spiro atoms. The average molecular weight is 367 g/mol. The minimum Gasteiger partial charge on any atom is -0.213 e. The van der Waals surface area contributed by atoms with Crippen LogP contribution in [0.2, 0.25) is 0 Å². The van der Waals surface area contributed by atoms with Gasteiger partial charge in [0, 0.05) is 0 Å². The van der Waals surface area contributed by atoms with Gasteiger partial charge in [0.05, 0.1) is 0 Å².